The van der Waals surface area contributed by atoms with Crippen LogP contribution < -0.4 is 10.1 Å². The SMILES string of the molecule is COc1ccc2c(NC3CCS(=O)(=O)C3)nccc2c1. The van der Waals surface area contributed by atoms with Crippen LogP contribution in [0.15, 0.2) is 30.5 Å². The Morgan fingerprint density at radius 3 is 2.90 bits per heavy atom. The summed E-state index contributed by atoms with van der Waals surface area (Å²) in [5.74, 6) is 1.95. The van der Waals surface area contributed by atoms with Crippen LogP contribution in [-0.2, 0) is 9.84 Å². The Kier molecular flexibility index (Phi) is 3.25. The van der Waals surface area contributed by atoms with Crippen molar-refractivity contribution in [3.8, 4) is 5.75 Å². The molecule has 1 aromatic carbocycles. The molecule has 0 bridgehead atoms. The second-order valence-corrected chi connectivity index (χ2v) is 7.22. The topological polar surface area (TPSA) is 68.3 Å². The van der Waals surface area contributed by atoms with Crippen LogP contribution in [0, 0.1) is 0 Å². The van der Waals surface area contributed by atoms with Gasteiger partial charge in [0.1, 0.15) is 11.6 Å². The van der Waals surface area contributed by atoms with E-state index in [1.54, 1.807) is 13.3 Å². The molecule has 0 saturated carbocycles. The molecule has 1 unspecified atom stereocenters. The maximum Gasteiger partial charge on any atom is 0.152 e. The van der Waals surface area contributed by atoms with Crippen LogP contribution in [-0.4, -0.2) is 38.1 Å². The van der Waals surface area contributed by atoms with Crippen molar-refractivity contribution in [2.24, 2.45) is 0 Å². The highest BCUT2D eigenvalue weighted by molar-refractivity contribution is 7.91. The number of nitrogens with one attached hydrogen (secondary N) is 1. The van der Waals surface area contributed by atoms with Crippen molar-refractivity contribution < 1.29 is 13.2 Å². The Labute approximate surface area is 117 Å². The molecular formula is C14H16N2O3S. The molecular weight excluding hydrogens is 276 g/mol. The molecule has 1 atom stereocenters. The van der Waals surface area contributed by atoms with E-state index < -0.39 is 9.84 Å². The Bertz CT molecular complexity index is 743. The van der Waals surface area contributed by atoms with Gasteiger partial charge in [-0.2, -0.15) is 0 Å². The van der Waals surface area contributed by atoms with Gasteiger partial charge in [0.25, 0.3) is 0 Å². The summed E-state index contributed by atoms with van der Waals surface area (Å²) in [6.45, 7) is 0. The zero-order valence-electron chi connectivity index (χ0n) is 11.2. The van der Waals surface area contributed by atoms with Gasteiger partial charge in [-0.25, -0.2) is 13.4 Å². The van der Waals surface area contributed by atoms with Crippen molar-refractivity contribution in [3.63, 3.8) is 0 Å². The van der Waals surface area contributed by atoms with Gasteiger partial charge in [-0.05, 0) is 36.1 Å². The van der Waals surface area contributed by atoms with Crippen molar-refractivity contribution in [2.45, 2.75) is 12.5 Å². The van der Waals surface area contributed by atoms with Gasteiger partial charge < -0.3 is 10.1 Å². The summed E-state index contributed by atoms with van der Waals surface area (Å²) in [6, 6.07) is 7.61. The van der Waals surface area contributed by atoms with Crippen LogP contribution in [0.1, 0.15) is 6.42 Å². The highest BCUT2D eigenvalue weighted by Gasteiger charge is 2.28. The molecule has 3 rings (SSSR count). The molecule has 1 fully saturated rings. The minimum atomic E-state index is -2.89. The van der Waals surface area contributed by atoms with Crippen LogP contribution >= 0.6 is 0 Å². The largest absolute Gasteiger partial charge is 0.497 e. The first kappa shape index (κ1) is 13.2. The summed E-state index contributed by atoms with van der Waals surface area (Å²) in [5.41, 5.74) is 0. The molecule has 1 N–H and O–H groups in total. The fourth-order valence-corrected chi connectivity index (χ4v) is 4.17. The van der Waals surface area contributed by atoms with E-state index in [1.807, 2.05) is 24.3 Å². The quantitative estimate of drug-likeness (QED) is 0.935. The van der Waals surface area contributed by atoms with E-state index in [-0.39, 0.29) is 17.5 Å². The van der Waals surface area contributed by atoms with E-state index in [9.17, 15) is 8.42 Å². The van der Waals surface area contributed by atoms with E-state index in [2.05, 4.69) is 10.3 Å². The first-order valence-electron chi connectivity index (χ1n) is 6.47. The van der Waals surface area contributed by atoms with Gasteiger partial charge in [-0.3, -0.25) is 0 Å². The minimum absolute atomic E-state index is 0.0554. The van der Waals surface area contributed by atoms with E-state index in [1.165, 1.54) is 0 Å². The lowest BCUT2D eigenvalue weighted by atomic mass is 10.1. The van der Waals surface area contributed by atoms with Crippen molar-refractivity contribution in [1.29, 1.82) is 0 Å². The molecule has 20 heavy (non-hydrogen) atoms. The van der Waals surface area contributed by atoms with E-state index in [0.717, 1.165) is 22.3 Å². The van der Waals surface area contributed by atoms with Gasteiger partial charge in [0.15, 0.2) is 9.84 Å². The predicted octanol–water partition coefficient (Wildman–Crippen LogP) is 1.84. The zero-order valence-corrected chi connectivity index (χ0v) is 12.0. The highest BCUT2D eigenvalue weighted by Crippen LogP contribution is 2.27. The first-order chi connectivity index (χ1) is 9.57. The number of benzene rings is 1. The van der Waals surface area contributed by atoms with Gasteiger partial charge >= 0.3 is 0 Å². The minimum Gasteiger partial charge on any atom is -0.497 e. The van der Waals surface area contributed by atoms with Crippen molar-refractivity contribution in [1.82, 2.24) is 4.98 Å². The third-order valence-electron chi connectivity index (χ3n) is 3.54. The maximum absolute atomic E-state index is 11.5. The number of ether oxygens (including phenoxy) is 1. The summed E-state index contributed by atoms with van der Waals surface area (Å²) in [5, 5.41) is 5.23. The lowest BCUT2D eigenvalue weighted by Crippen LogP contribution is -2.21. The van der Waals surface area contributed by atoms with Gasteiger partial charge in [-0.15, -0.1) is 0 Å². The summed E-state index contributed by atoms with van der Waals surface area (Å²) in [7, 11) is -1.26. The normalized spacial score (nSPS) is 20.9. The van der Waals surface area contributed by atoms with Crippen molar-refractivity contribution >= 4 is 26.4 Å². The van der Waals surface area contributed by atoms with Gasteiger partial charge in [0, 0.05) is 17.6 Å². The smallest absolute Gasteiger partial charge is 0.152 e. The van der Waals surface area contributed by atoms with Gasteiger partial charge in [0.05, 0.1) is 18.6 Å². The van der Waals surface area contributed by atoms with Crippen LogP contribution in [0.2, 0.25) is 0 Å². The number of nitrogens with zero attached hydrogens (tertiary/aromatic N) is 1. The second kappa shape index (κ2) is 4.94. The van der Waals surface area contributed by atoms with E-state index in [4.69, 9.17) is 4.74 Å². The lowest BCUT2D eigenvalue weighted by molar-refractivity contribution is 0.415. The monoisotopic (exact) mass is 292 g/mol. The number of anilines is 1. The number of pyridine rings is 1. The van der Waals surface area contributed by atoms with Crippen molar-refractivity contribution in [3.05, 3.63) is 30.5 Å². The molecule has 1 aliphatic rings. The molecule has 0 radical (unpaired) electrons. The Hall–Kier alpha value is -1.82. The number of rotatable bonds is 3. The number of aromatic nitrogens is 1. The Balaban J connectivity index is 1.92. The van der Waals surface area contributed by atoms with E-state index >= 15 is 0 Å². The molecule has 2 heterocycles. The Morgan fingerprint density at radius 2 is 2.20 bits per heavy atom. The number of sulfone groups is 1. The average molecular weight is 292 g/mol. The van der Waals surface area contributed by atoms with Gasteiger partial charge in [0.2, 0.25) is 0 Å². The average Bonchev–Trinajstić information content (AvgIpc) is 2.77. The third-order valence-corrected chi connectivity index (χ3v) is 5.31. The molecule has 0 spiro atoms. The second-order valence-electron chi connectivity index (χ2n) is 4.99. The van der Waals surface area contributed by atoms with E-state index in [0.29, 0.717) is 6.42 Å². The van der Waals surface area contributed by atoms with Crippen molar-refractivity contribution in [2.75, 3.05) is 23.9 Å². The molecule has 106 valence electrons. The van der Waals surface area contributed by atoms with Crippen LogP contribution in [0.5, 0.6) is 5.75 Å². The molecule has 0 aliphatic carbocycles. The highest BCUT2D eigenvalue weighted by atomic mass is 32.2. The number of hydrogen-bond donors (Lipinski definition) is 1. The summed E-state index contributed by atoms with van der Waals surface area (Å²) >= 11 is 0. The predicted molar refractivity (Wildman–Crippen MR) is 79.0 cm³/mol. The van der Waals surface area contributed by atoms with Crippen LogP contribution in [0.4, 0.5) is 5.82 Å². The summed E-state index contributed by atoms with van der Waals surface area (Å²) in [6.07, 6.45) is 2.35. The molecule has 5 nitrogen and oxygen atoms in total. The first-order valence-corrected chi connectivity index (χ1v) is 8.29. The fraction of sp³-hybridized carbons (Fsp3) is 0.357. The standard InChI is InChI=1S/C14H16N2O3S/c1-19-12-2-3-13-10(8-12)4-6-15-14(13)16-11-5-7-20(17,18)9-11/h2-4,6,8,11H,5,7,9H2,1H3,(H,15,16). The molecule has 6 heteroatoms. The maximum atomic E-state index is 11.5. The van der Waals surface area contributed by atoms with Crippen LogP contribution in [0.3, 0.4) is 0 Å². The molecule has 2 aromatic rings. The van der Waals surface area contributed by atoms with Gasteiger partial charge in [-0.1, -0.05) is 0 Å². The zero-order chi connectivity index (χ0) is 14.2. The number of methoxy groups -OCH3 is 1. The molecule has 1 saturated heterocycles. The molecule has 1 aromatic heterocycles. The van der Waals surface area contributed by atoms with Crippen LogP contribution in [0.25, 0.3) is 10.8 Å². The summed E-state index contributed by atoms with van der Waals surface area (Å²) in [4.78, 5) is 4.33. The molecule has 0 amide bonds. The number of fused-ring (bicyclic) bond motifs is 1. The summed E-state index contributed by atoms with van der Waals surface area (Å²) < 4.78 is 28.2. The fourth-order valence-electron chi connectivity index (χ4n) is 2.50. The molecule has 1 aliphatic heterocycles. The third kappa shape index (κ3) is 2.56. The number of hydrogen-bond acceptors (Lipinski definition) is 5. The lowest BCUT2D eigenvalue weighted by Gasteiger charge is -2.14. The Morgan fingerprint density at radius 1 is 1.35 bits per heavy atom.